The van der Waals surface area contributed by atoms with Crippen LogP contribution >= 0.6 is 11.6 Å². The van der Waals surface area contributed by atoms with Gasteiger partial charge in [0.25, 0.3) is 11.8 Å². The van der Waals surface area contributed by atoms with Gasteiger partial charge in [0.2, 0.25) is 11.5 Å². The first-order valence-corrected chi connectivity index (χ1v) is 11.9. The van der Waals surface area contributed by atoms with Crippen LogP contribution in [0.5, 0.6) is 5.75 Å². The molecule has 0 spiro atoms. The molecule has 14 heteroatoms. The Morgan fingerprint density at radius 3 is 2.65 bits per heavy atom. The quantitative estimate of drug-likeness (QED) is 0.127. The fraction of sp³-hybridized carbons (Fsp3) is 0.154. The van der Waals surface area contributed by atoms with Crippen LogP contribution in [0.25, 0.3) is 6.08 Å². The number of anilines is 1. The van der Waals surface area contributed by atoms with Crippen molar-refractivity contribution >= 4 is 52.9 Å². The molecule has 1 aliphatic heterocycles. The number of halogens is 1. The Balaban J connectivity index is 1.58. The summed E-state index contributed by atoms with van der Waals surface area (Å²) < 4.78 is 15.4. The van der Waals surface area contributed by atoms with Gasteiger partial charge < -0.3 is 24.5 Å². The number of nitro benzene ring substituents is 1. The number of carbonyl (C=O) groups excluding carboxylic acids is 4. The van der Waals surface area contributed by atoms with Crippen LogP contribution in [0.1, 0.15) is 27.4 Å². The van der Waals surface area contributed by atoms with Crippen LogP contribution in [-0.4, -0.2) is 47.4 Å². The molecule has 206 valence electrons. The van der Waals surface area contributed by atoms with Gasteiger partial charge in [0.05, 0.1) is 18.6 Å². The summed E-state index contributed by atoms with van der Waals surface area (Å²) in [6.07, 6.45) is 1.15. The highest BCUT2D eigenvalue weighted by Gasteiger charge is 2.35. The first kappa shape index (κ1) is 27.9. The number of furan rings is 1. The number of carbonyl (C=O) groups is 4. The summed E-state index contributed by atoms with van der Waals surface area (Å²) in [5, 5.41) is 16.7. The van der Waals surface area contributed by atoms with E-state index >= 15 is 0 Å². The van der Waals surface area contributed by atoms with Crippen molar-refractivity contribution in [1.82, 2.24) is 10.2 Å². The summed E-state index contributed by atoms with van der Waals surface area (Å²) in [7, 11) is 1.17. The molecule has 0 saturated carbocycles. The van der Waals surface area contributed by atoms with Crippen LogP contribution < -0.4 is 15.4 Å². The molecule has 1 aromatic heterocycles. The molecule has 4 amide bonds. The summed E-state index contributed by atoms with van der Waals surface area (Å²) in [5.74, 6) is -2.42. The number of aryl methyl sites for hydroxylation is 1. The number of nitro groups is 1. The number of imide groups is 1. The molecule has 0 radical (unpaired) electrons. The standard InChI is InChI=1S/C26H21ClN4O9/c1-14-5-3-4-6-18(14)28-22(32)13-39-23-15(9-16(27)11-20(23)31(36)37)10-19-24(33)30(26(35)29-19)12-17-7-8-21(40-17)25(34)38-2/h3-11H,12-13H2,1-2H3,(H,28,32)(H,29,35)/b19-10-. The molecule has 0 bridgehead atoms. The number of nitrogens with one attached hydrogen (secondary N) is 2. The number of benzene rings is 2. The van der Waals surface area contributed by atoms with Gasteiger partial charge in [-0.05, 0) is 42.8 Å². The Bertz CT molecular complexity index is 1560. The number of amides is 4. The molecular formula is C26H21ClN4O9. The normalized spacial score (nSPS) is 13.8. The third-order valence-corrected chi connectivity index (χ3v) is 5.87. The van der Waals surface area contributed by atoms with Crippen LogP contribution in [0, 0.1) is 17.0 Å². The zero-order chi connectivity index (χ0) is 29.0. The lowest BCUT2D eigenvalue weighted by Gasteiger charge is -2.12. The van der Waals surface area contributed by atoms with Crippen molar-refractivity contribution in [3.05, 3.63) is 92.0 Å². The fourth-order valence-corrected chi connectivity index (χ4v) is 3.96. The molecule has 2 N–H and O–H groups in total. The zero-order valence-corrected chi connectivity index (χ0v) is 21.8. The lowest BCUT2D eigenvalue weighted by Crippen LogP contribution is -2.30. The Morgan fingerprint density at radius 1 is 1.20 bits per heavy atom. The Kier molecular flexibility index (Phi) is 8.15. The van der Waals surface area contributed by atoms with E-state index in [2.05, 4.69) is 15.4 Å². The van der Waals surface area contributed by atoms with E-state index in [0.29, 0.717) is 5.69 Å². The van der Waals surface area contributed by atoms with Crippen molar-refractivity contribution in [1.29, 1.82) is 0 Å². The third kappa shape index (κ3) is 6.10. The summed E-state index contributed by atoms with van der Waals surface area (Å²) in [4.78, 5) is 61.5. The maximum Gasteiger partial charge on any atom is 0.373 e. The summed E-state index contributed by atoms with van der Waals surface area (Å²) in [5.41, 5.74) is 0.519. The maximum absolute atomic E-state index is 13.0. The van der Waals surface area contributed by atoms with Crippen LogP contribution in [0.3, 0.4) is 0 Å². The van der Waals surface area contributed by atoms with Crippen LogP contribution in [0.4, 0.5) is 16.2 Å². The van der Waals surface area contributed by atoms with Gasteiger partial charge in [0, 0.05) is 22.3 Å². The predicted molar refractivity (Wildman–Crippen MR) is 141 cm³/mol. The lowest BCUT2D eigenvalue weighted by atomic mass is 10.1. The van der Waals surface area contributed by atoms with E-state index in [4.69, 9.17) is 20.8 Å². The molecule has 0 unspecified atom stereocenters. The molecule has 4 rings (SSSR count). The molecule has 2 heterocycles. The van der Waals surface area contributed by atoms with E-state index in [-0.39, 0.29) is 40.1 Å². The van der Waals surface area contributed by atoms with E-state index in [0.717, 1.165) is 22.6 Å². The van der Waals surface area contributed by atoms with E-state index < -0.39 is 41.0 Å². The number of hydrogen-bond acceptors (Lipinski definition) is 9. The van der Waals surface area contributed by atoms with Crippen molar-refractivity contribution in [3.8, 4) is 5.75 Å². The van der Waals surface area contributed by atoms with Gasteiger partial charge in [-0.1, -0.05) is 29.8 Å². The number of hydrogen-bond donors (Lipinski definition) is 2. The zero-order valence-electron chi connectivity index (χ0n) is 21.1. The molecule has 0 aliphatic carbocycles. The number of urea groups is 1. The minimum Gasteiger partial charge on any atom is -0.476 e. The smallest absolute Gasteiger partial charge is 0.373 e. The van der Waals surface area contributed by atoms with Crippen molar-refractivity contribution in [3.63, 3.8) is 0 Å². The number of nitrogens with zero attached hydrogens (tertiary/aromatic N) is 2. The van der Waals surface area contributed by atoms with Crippen LogP contribution in [0.2, 0.25) is 5.02 Å². The number of esters is 1. The van der Waals surface area contributed by atoms with Gasteiger partial charge in [-0.15, -0.1) is 0 Å². The van der Waals surface area contributed by atoms with Gasteiger partial charge in [-0.3, -0.25) is 24.6 Å². The maximum atomic E-state index is 13.0. The van der Waals surface area contributed by atoms with Gasteiger partial charge in [0.15, 0.2) is 6.61 Å². The van der Waals surface area contributed by atoms with E-state index in [1.807, 2.05) is 0 Å². The Labute approximate surface area is 231 Å². The Morgan fingerprint density at radius 2 is 1.95 bits per heavy atom. The third-order valence-electron chi connectivity index (χ3n) is 5.65. The van der Waals surface area contributed by atoms with Crippen molar-refractivity contribution in [2.75, 3.05) is 19.0 Å². The number of ether oxygens (including phenoxy) is 2. The highest BCUT2D eigenvalue weighted by molar-refractivity contribution is 6.31. The van der Waals surface area contributed by atoms with Crippen molar-refractivity contribution in [2.45, 2.75) is 13.5 Å². The van der Waals surface area contributed by atoms with Gasteiger partial charge >= 0.3 is 17.7 Å². The lowest BCUT2D eigenvalue weighted by molar-refractivity contribution is -0.385. The molecule has 1 fully saturated rings. The second-order valence-corrected chi connectivity index (χ2v) is 8.83. The predicted octanol–water partition coefficient (Wildman–Crippen LogP) is 4.05. The second-order valence-electron chi connectivity index (χ2n) is 8.39. The van der Waals surface area contributed by atoms with Gasteiger partial charge in [-0.25, -0.2) is 9.59 Å². The molecule has 1 aliphatic rings. The number of methoxy groups -OCH3 is 1. The highest BCUT2D eigenvalue weighted by Crippen LogP contribution is 2.36. The van der Waals surface area contributed by atoms with Gasteiger partial charge in [-0.2, -0.15) is 0 Å². The monoisotopic (exact) mass is 568 g/mol. The molecule has 2 aromatic carbocycles. The molecule has 1 saturated heterocycles. The molecule has 13 nitrogen and oxygen atoms in total. The average Bonchev–Trinajstić information content (AvgIpc) is 3.49. The average molecular weight is 569 g/mol. The summed E-state index contributed by atoms with van der Waals surface area (Å²) >= 11 is 6.08. The summed E-state index contributed by atoms with van der Waals surface area (Å²) in [6.45, 7) is 0.891. The summed E-state index contributed by atoms with van der Waals surface area (Å²) in [6, 6.07) is 11.3. The van der Waals surface area contributed by atoms with E-state index in [1.165, 1.54) is 25.3 Å². The first-order chi connectivity index (χ1) is 19.1. The fourth-order valence-electron chi connectivity index (χ4n) is 3.74. The molecular weight excluding hydrogens is 548 g/mol. The SMILES string of the molecule is COC(=O)c1ccc(CN2C(=O)N/C(=C\c3cc(Cl)cc([N+](=O)[O-])c3OCC(=O)Nc3ccccc3C)C2=O)o1. The van der Waals surface area contributed by atoms with Gasteiger partial charge in [0.1, 0.15) is 11.5 Å². The Hall–Kier alpha value is -5.17. The highest BCUT2D eigenvalue weighted by atomic mass is 35.5. The van der Waals surface area contributed by atoms with E-state index in [1.54, 1.807) is 31.2 Å². The number of rotatable bonds is 9. The minimum atomic E-state index is -0.802. The van der Waals surface area contributed by atoms with E-state index in [9.17, 15) is 29.3 Å². The van der Waals surface area contributed by atoms with Crippen LogP contribution in [0.15, 0.2) is 58.6 Å². The molecule has 0 atom stereocenters. The number of para-hydroxylation sites is 1. The van der Waals surface area contributed by atoms with Crippen molar-refractivity contribution < 1.29 is 38.0 Å². The van der Waals surface area contributed by atoms with Crippen LogP contribution in [-0.2, 0) is 20.9 Å². The topological polar surface area (TPSA) is 170 Å². The minimum absolute atomic E-state index is 0.0284. The first-order valence-electron chi connectivity index (χ1n) is 11.5. The molecule has 3 aromatic rings. The largest absolute Gasteiger partial charge is 0.476 e. The second kappa shape index (κ2) is 11.7. The van der Waals surface area contributed by atoms with Crippen molar-refractivity contribution in [2.24, 2.45) is 0 Å². The molecule has 40 heavy (non-hydrogen) atoms.